The first-order valence-electron chi connectivity index (χ1n) is 4.81. The minimum absolute atomic E-state index is 0.400. The van der Waals surface area contributed by atoms with E-state index in [4.69, 9.17) is 11.5 Å². The van der Waals surface area contributed by atoms with Crippen molar-refractivity contribution in [2.24, 2.45) is 5.73 Å². The lowest BCUT2D eigenvalue weighted by atomic mass is 9.85. The van der Waals surface area contributed by atoms with E-state index in [2.05, 4.69) is 9.97 Å². The number of nitrogen functional groups attached to an aromatic ring is 1. The van der Waals surface area contributed by atoms with Crippen LogP contribution in [0, 0.1) is 0 Å². The van der Waals surface area contributed by atoms with Crippen molar-refractivity contribution < 1.29 is 0 Å². The predicted molar refractivity (Wildman–Crippen MR) is 52.2 cm³/mol. The molecule has 1 aliphatic carbocycles. The molecule has 5 N–H and O–H groups in total. The molecule has 2 rings (SSSR count). The van der Waals surface area contributed by atoms with Crippen LogP contribution in [-0.4, -0.2) is 16.0 Å². The highest BCUT2D eigenvalue weighted by Crippen LogP contribution is 2.31. The van der Waals surface area contributed by atoms with Crippen LogP contribution in [0.4, 0.5) is 5.95 Å². The smallest absolute Gasteiger partial charge is 0.197 e. The van der Waals surface area contributed by atoms with E-state index in [9.17, 15) is 0 Å². The van der Waals surface area contributed by atoms with Crippen LogP contribution in [0.15, 0.2) is 6.20 Å². The first kappa shape index (κ1) is 8.56. The van der Waals surface area contributed by atoms with Gasteiger partial charge >= 0.3 is 0 Å². The van der Waals surface area contributed by atoms with E-state index in [1.165, 1.54) is 5.69 Å². The Morgan fingerprint density at radius 2 is 2.00 bits per heavy atom. The van der Waals surface area contributed by atoms with Gasteiger partial charge in [-0.3, -0.25) is 0 Å². The normalized spacial score (nSPS) is 29.0. The van der Waals surface area contributed by atoms with E-state index in [1.807, 2.05) is 6.20 Å². The number of hydrogen-bond acceptors (Lipinski definition) is 3. The van der Waals surface area contributed by atoms with Gasteiger partial charge in [-0.05, 0) is 25.7 Å². The Balaban J connectivity index is 2.02. The summed E-state index contributed by atoms with van der Waals surface area (Å²) in [5.41, 5.74) is 12.5. The summed E-state index contributed by atoms with van der Waals surface area (Å²) < 4.78 is 0. The molecule has 0 aromatic carbocycles. The van der Waals surface area contributed by atoms with Crippen LogP contribution in [0.3, 0.4) is 0 Å². The van der Waals surface area contributed by atoms with Gasteiger partial charge < -0.3 is 16.5 Å². The molecule has 0 aliphatic heterocycles. The molecule has 0 amide bonds. The standard InChI is InChI=1S/C9H16N4/c10-7-3-1-6(2-4-7)8-5-12-9(11)13-8/h5-7H,1-4,10H2,(H3,11,12,13). The van der Waals surface area contributed by atoms with E-state index in [-0.39, 0.29) is 0 Å². The number of imidazole rings is 1. The topological polar surface area (TPSA) is 80.7 Å². The maximum Gasteiger partial charge on any atom is 0.197 e. The van der Waals surface area contributed by atoms with Gasteiger partial charge in [-0.2, -0.15) is 0 Å². The summed E-state index contributed by atoms with van der Waals surface area (Å²) in [6.45, 7) is 0. The van der Waals surface area contributed by atoms with Crippen molar-refractivity contribution in [1.29, 1.82) is 0 Å². The second kappa shape index (κ2) is 3.38. The van der Waals surface area contributed by atoms with Crippen molar-refractivity contribution in [2.45, 2.75) is 37.6 Å². The van der Waals surface area contributed by atoms with E-state index in [1.54, 1.807) is 0 Å². The molecule has 1 saturated carbocycles. The molecule has 4 heteroatoms. The minimum Gasteiger partial charge on any atom is -0.369 e. The zero-order chi connectivity index (χ0) is 9.26. The lowest BCUT2D eigenvalue weighted by Crippen LogP contribution is -2.25. The molecule has 1 aliphatic rings. The Hall–Kier alpha value is -1.03. The minimum atomic E-state index is 0.400. The average Bonchev–Trinajstić information content (AvgIpc) is 2.53. The van der Waals surface area contributed by atoms with Crippen molar-refractivity contribution in [3.8, 4) is 0 Å². The number of nitrogens with zero attached hydrogens (tertiary/aromatic N) is 1. The molecule has 0 radical (unpaired) electrons. The molecule has 1 fully saturated rings. The molecule has 1 aromatic heterocycles. The summed E-state index contributed by atoms with van der Waals surface area (Å²) in [6.07, 6.45) is 6.38. The van der Waals surface area contributed by atoms with Crippen molar-refractivity contribution in [2.75, 3.05) is 5.73 Å². The molecule has 0 atom stereocenters. The SMILES string of the molecule is Nc1ncc(C2CCC(N)CC2)[nH]1. The Labute approximate surface area is 77.7 Å². The van der Waals surface area contributed by atoms with Gasteiger partial charge in [0.1, 0.15) is 0 Å². The monoisotopic (exact) mass is 180 g/mol. The zero-order valence-electron chi connectivity index (χ0n) is 7.66. The van der Waals surface area contributed by atoms with E-state index in [0.29, 0.717) is 17.9 Å². The third kappa shape index (κ3) is 1.83. The summed E-state index contributed by atoms with van der Waals surface area (Å²) in [5.74, 6) is 1.11. The molecular formula is C9H16N4. The Kier molecular flexibility index (Phi) is 2.22. The molecular weight excluding hydrogens is 164 g/mol. The number of nitrogens with one attached hydrogen (secondary N) is 1. The van der Waals surface area contributed by atoms with E-state index in [0.717, 1.165) is 25.7 Å². The third-order valence-electron chi connectivity index (χ3n) is 2.83. The molecule has 0 spiro atoms. The summed E-state index contributed by atoms with van der Waals surface area (Å²) in [4.78, 5) is 7.09. The van der Waals surface area contributed by atoms with Crippen LogP contribution < -0.4 is 11.5 Å². The number of aromatic nitrogens is 2. The second-order valence-corrected chi connectivity index (χ2v) is 3.84. The first-order chi connectivity index (χ1) is 6.25. The third-order valence-corrected chi connectivity index (χ3v) is 2.83. The van der Waals surface area contributed by atoms with Gasteiger partial charge in [-0.1, -0.05) is 0 Å². The van der Waals surface area contributed by atoms with Crippen LogP contribution >= 0.6 is 0 Å². The number of rotatable bonds is 1. The molecule has 0 unspecified atom stereocenters. The van der Waals surface area contributed by atoms with Gasteiger partial charge in [-0.25, -0.2) is 4.98 Å². The Bertz CT molecular complexity index is 273. The molecule has 1 heterocycles. The average molecular weight is 180 g/mol. The fourth-order valence-corrected chi connectivity index (χ4v) is 1.99. The summed E-state index contributed by atoms with van der Waals surface area (Å²) in [6, 6.07) is 0.400. The maximum absolute atomic E-state index is 5.83. The van der Waals surface area contributed by atoms with Crippen molar-refractivity contribution in [3.05, 3.63) is 11.9 Å². The van der Waals surface area contributed by atoms with Gasteiger partial charge in [0.25, 0.3) is 0 Å². The van der Waals surface area contributed by atoms with Gasteiger partial charge in [0, 0.05) is 17.7 Å². The molecule has 0 saturated heterocycles. The van der Waals surface area contributed by atoms with Crippen molar-refractivity contribution >= 4 is 5.95 Å². The molecule has 1 aromatic rings. The zero-order valence-corrected chi connectivity index (χ0v) is 7.66. The van der Waals surface area contributed by atoms with Crippen LogP contribution in [0.1, 0.15) is 37.3 Å². The highest BCUT2D eigenvalue weighted by atomic mass is 15.0. The van der Waals surface area contributed by atoms with E-state index >= 15 is 0 Å². The van der Waals surface area contributed by atoms with Crippen LogP contribution in [0.5, 0.6) is 0 Å². The van der Waals surface area contributed by atoms with Crippen LogP contribution in [0.2, 0.25) is 0 Å². The van der Waals surface area contributed by atoms with Crippen LogP contribution in [-0.2, 0) is 0 Å². The van der Waals surface area contributed by atoms with Gasteiger partial charge in [0.05, 0.1) is 6.20 Å². The number of anilines is 1. The van der Waals surface area contributed by atoms with Gasteiger partial charge in [0.15, 0.2) is 5.95 Å². The highest BCUT2D eigenvalue weighted by Gasteiger charge is 2.21. The van der Waals surface area contributed by atoms with Crippen LogP contribution in [0.25, 0.3) is 0 Å². The number of H-pyrrole nitrogens is 1. The molecule has 4 nitrogen and oxygen atoms in total. The van der Waals surface area contributed by atoms with Crippen molar-refractivity contribution in [3.63, 3.8) is 0 Å². The number of hydrogen-bond donors (Lipinski definition) is 3. The highest BCUT2D eigenvalue weighted by molar-refractivity contribution is 5.21. The Morgan fingerprint density at radius 1 is 1.31 bits per heavy atom. The number of aromatic amines is 1. The molecule has 13 heavy (non-hydrogen) atoms. The summed E-state index contributed by atoms with van der Waals surface area (Å²) in [5, 5.41) is 0. The Morgan fingerprint density at radius 3 is 2.54 bits per heavy atom. The summed E-state index contributed by atoms with van der Waals surface area (Å²) >= 11 is 0. The lowest BCUT2D eigenvalue weighted by molar-refractivity contribution is 0.391. The predicted octanol–water partition coefficient (Wildman–Crippen LogP) is 0.977. The second-order valence-electron chi connectivity index (χ2n) is 3.84. The number of nitrogens with two attached hydrogens (primary N) is 2. The van der Waals surface area contributed by atoms with Crippen molar-refractivity contribution in [1.82, 2.24) is 9.97 Å². The fourth-order valence-electron chi connectivity index (χ4n) is 1.99. The maximum atomic E-state index is 5.83. The lowest BCUT2D eigenvalue weighted by Gasteiger charge is -2.24. The largest absolute Gasteiger partial charge is 0.369 e. The molecule has 72 valence electrons. The quantitative estimate of drug-likeness (QED) is 0.602. The van der Waals surface area contributed by atoms with Gasteiger partial charge in [-0.15, -0.1) is 0 Å². The molecule has 0 bridgehead atoms. The van der Waals surface area contributed by atoms with E-state index < -0.39 is 0 Å². The first-order valence-corrected chi connectivity index (χ1v) is 4.81. The fraction of sp³-hybridized carbons (Fsp3) is 0.667. The van der Waals surface area contributed by atoms with Gasteiger partial charge in [0.2, 0.25) is 0 Å². The summed E-state index contributed by atoms with van der Waals surface area (Å²) in [7, 11) is 0.